The Morgan fingerprint density at radius 3 is 2.34 bits per heavy atom. The molecule has 0 aromatic rings. The van der Waals surface area contributed by atoms with Gasteiger partial charge in [0, 0.05) is 31.3 Å². The lowest BCUT2D eigenvalue weighted by molar-refractivity contribution is -0.293. The fraction of sp³-hybridized carbons (Fsp3) is 0.885. The van der Waals surface area contributed by atoms with Crippen LogP contribution in [0, 0.1) is 23.2 Å². The van der Waals surface area contributed by atoms with Crippen molar-refractivity contribution in [3.63, 3.8) is 0 Å². The van der Waals surface area contributed by atoms with Gasteiger partial charge in [-0.1, -0.05) is 51.7 Å². The van der Waals surface area contributed by atoms with Crippen molar-refractivity contribution in [2.45, 2.75) is 85.2 Å². The summed E-state index contributed by atoms with van der Waals surface area (Å²) in [5, 5.41) is 3.13. The van der Waals surface area contributed by atoms with Crippen molar-refractivity contribution in [3.05, 3.63) is 11.3 Å². The molecule has 6 heteroatoms. The Balaban J connectivity index is 2.09. The maximum atomic E-state index is 12.7. The molecule has 2 fully saturated rings. The first-order valence-corrected chi connectivity index (χ1v) is 16.2. The highest BCUT2D eigenvalue weighted by molar-refractivity contribution is 6.81. The third-order valence-corrected chi connectivity index (χ3v) is 8.11. The maximum Gasteiger partial charge on any atom is 0.220 e. The summed E-state index contributed by atoms with van der Waals surface area (Å²) in [6, 6.07) is 0. The van der Waals surface area contributed by atoms with E-state index in [9.17, 15) is 4.79 Å². The monoisotopic (exact) mass is 466 g/mol. The molecule has 2 rings (SSSR count). The molecular weight excluding hydrogens is 416 g/mol. The number of allylic oxidation sites excluding steroid dienone is 1. The molecular formula is C26H50N2O3Si. The molecule has 1 amide bonds. The second-order valence-electron chi connectivity index (χ2n) is 12.6. The molecule has 1 saturated carbocycles. The number of likely N-dealkylation sites (N-methyl/N-ethyl adjacent to an activating group) is 1. The van der Waals surface area contributed by atoms with Crippen molar-refractivity contribution in [1.82, 2.24) is 10.2 Å². The third kappa shape index (κ3) is 8.92. The molecule has 186 valence electrons. The number of carbonyl (C=O) groups is 1. The molecule has 2 aliphatic rings. The van der Waals surface area contributed by atoms with E-state index in [1.165, 1.54) is 6.42 Å². The van der Waals surface area contributed by atoms with Gasteiger partial charge in [0.2, 0.25) is 5.91 Å². The van der Waals surface area contributed by atoms with Gasteiger partial charge in [0.1, 0.15) is 0 Å². The van der Waals surface area contributed by atoms with Crippen LogP contribution in [0.4, 0.5) is 0 Å². The van der Waals surface area contributed by atoms with Gasteiger partial charge in [-0.3, -0.25) is 4.79 Å². The highest BCUT2D eigenvalue weighted by atomic mass is 28.3. The Bertz CT molecular complexity index is 644. The van der Waals surface area contributed by atoms with E-state index in [4.69, 9.17) is 9.47 Å². The average molecular weight is 467 g/mol. The first kappa shape index (κ1) is 27.6. The molecule has 0 bridgehead atoms. The smallest absolute Gasteiger partial charge is 0.220 e. The predicted molar refractivity (Wildman–Crippen MR) is 136 cm³/mol. The number of nitrogens with one attached hydrogen (secondary N) is 1. The predicted octanol–water partition coefficient (Wildman–Crippen LogP) is 5.09. The van der Waals surface area contributed by atoms with Crippen LogP contribution in [0.1, 0.15) is 59.8 Å². The topological polar surface area (TPSA) is 50.8 Å². The Hall–Kier alpha value is -0.693. The number of amides is 1. The van der Waals surface area contributed by atoms with Crippen LogP contribution in [0.3, 0.4) is 0 Å². The normalized spacial score (nSPS) is 29.3. The van der Waals surface area contributed by atoms with Crippen LogP contribution in [0.2, 0.25) is 19.6 Å². The molecule has 1 aliphatic carbocycles. The van der Waals surface area contributed by atoms with Gasteiger partial charge < -0.3 is 19.7 Å². The molecule has 1 N–H and O–H groups in total. The van der Waals surface area contributed by atoms with Crippen LogP contribution in [-0.2, 0) is 14.3 Å². The quantitative estimate of drug-likeness (QED) is 0.481. The van der Waals surface area contributed by atoms with E-state index in [0.29, 0.717) is 24.2 Å². The first-order chi connectivity index (χ1) is 14.7. The SMILES string of the molecule is C[C@@H]1CC[C@@H](CC(=O)NCCN(C)C)/C(=C/[Si](C)(C)C)[C@H]1CCC1(C)OCC(C)(C)CO1. The molecule has 1 heterocycles. The second kappa shape index (κ2) is 11.2. The van der Waals surface area contributed by atoms with Crippen LogP contribution in [0.25, 0.3) is 0 Å². The Labute approximate surface area is 198 Å². The van der Waals surface area contributed by atoms with E-state index in [2.05, 4.69) is 63.3 Å². The van der Waals surface area contributed by atoms with Gasteiger partial charge in [0.05, 0.1) is 21.3 Å². The van der Waals surface area contributed by atoms with Gasteiger partial charge >= 0.3 is 0 Å². The lowest BCUT2D eigenvalue weighted by Gasteiger charge is -2.44. The van der Waals surface area contributed by atoms with Gasteiger partial charge in [-0.25, -0.2) is 0 Å². The Kier molecular flexibility index (Phi) is 9.60. The largest absolute Gasteiger partial charge is 0.355 e. The molecule has 0 unspecified atom stereocenters. The van der Waals surface area contributed by atoms with E-state index in [1.807, 2.05) is 14.1 Å². The number of hydrogen-bond donors (Lipinski definition) is 1. The second-order valence-corrected chi connectivity index (χ2v) is 17.7. The molecule has 3 atom stereocenters. The molecule has 0 radical (unpaired) electrons. The molecule has 1 saturated heterocycles. The zero-order valence-corrected chi connectivity index (χ0v) is 23.3. The minimum absolute atomic E-state index is 0.0889. The van der Waals surface area contributed by atoms with E-state index in [0.717, 1.165) is 45.6 Å². The number of carbonyl (C=O) groups excluding carboxylic acids is 1. The number of nitrogens with zero attached hydrogens (tertiary/aromatic N) is 1. The van der Waals surface area contributed by atoms with Crippen molar-refractivity contribution >= 4 is 14.0 Å². The van der Waals surface area contributed by atoms with E-state index in [1.54, 1.807) is 5.57 Å². The molecule has 5 nitrogen and oxygen atoms in total. The summed E-state index contributed by atoms with van der Waals surface area (Å²) in [6.45, 7) is 19.2. The van der Waals surface area contributed by atoms with Crippen molar-refractivity contribution < 1.29 is 14.3 Å². The summed E-state index contributed by atoms with van der Waals surface area (Å²) in [5.41, 5.74) is 4.23. The lowest BCUT2D eigenvalue weighted by atomic mass is 9.68. The van der Waals surface area contributed by atoms with Gasteiger partial charge in [-0.15, -0.1) is 0 Å². The van der Waals surface area contributed by atoms with Gasteiger partial charge in [0.25, 0.3) is 0 Å². The third-order valence-electron chi connectivity index (χ3n) is 6.92. The number of ether oxygens (including phenoxy) is 2. The van der Waals surface area contributed by atoms with Gasteiger partial charge in [-0.05, 0) is 58.0 Å². The summed E-state index contributed by atoms with van der Waals surface area (Å²) < 4.78 is 12.4. The molecule has 0 aromatic carbocycles. The summed E-state index contributed by atoms with van der Waals surface area (Å²) in [7, 11) is 2.66. The minimum Gasteiger partial charge on any atom is -0.355 e. The maximum absolute atomic E-state index is 12.7. The minimum atomic E-state index is -1.42. The lowest BCUT2D eigenvalue weighted by Crippen LogP contribution is -2.46. The molecule has 1 aliphatic heterocycles. The average Bonchev–Trinajstić information content (AvgIpc) is 2.65. The summed E-state index contributed by atoms with van der Waals surface area (Å²) in [6.07, 6.45) is 4.89. The van der Waals surface area contributed by atoms with E-state index >= 15 is 0 Å². The van der Waals surface area contributed by atoms with Crippen LogP contribution in [0.5, 0.6) is 0 Å². The van der Waals surface area contributed by atoms with Crippen molar-refractivity contribution in [2.75, 3.05) is 40.4 Å². The standard InChI is InChI=1S/C26H50N2O3Si/c1-20-10-11-21(16-24(29)27-14-15-28(5)6)23(17-32(7,8)9)22(20)12-13-26(4)30-18-25(2,3)19-31-26/h17,20-22H,10-16,18-19H2,1-9H3,(H,27,29)/b23-17-/t20-,21+,22+/m1/s1. The molecule has 0 spiro atoms. The Morgan fingerprint density at radius 2 is 1.78 bits per heavy atom. The fourth-order valence-corrected chi connectivity index (χ4v) is 6.37. The van der Waals surface area contributed by atoms with Crippen molar-refractivity contribution in [1.29, 1.82) is 0 Å². The number of rotatable bonds is 9. The highest BCUT2D eigenvalue weighted by Gasteiger charge is 2.40. The summed E-state index contributed by atoms with van der Waals surface area (Å²) in [5.74, 6) is 1.21. The fourth-order valence-electron chi connectivity index (χ4n) is 4.92. The van der Waals surface area contributed by atoms with E-state index in [-0.39, 0.29) is 11.3 Å². The van der Waals surface area contributed by atoms with Crippen LogP contribution >= 0.6 is 0 Å². The van der Waals surface area contributed by atoms with Gasteiger partial charge in [0.15, 0.2) is 5.79 Å². The first-order valence-electron chi connectivity index (χ1n) is 12.6. The zero-order valence-electron chi connectivity index (χ0n) is 22.3. The summed E-state index contributed by atoms with van der Waals surface area (Å²) in [4.78, 5) is 14.8. The van der Waals surface area contributed by atoms with Crippen molar-refractivity contribution in [3.8, 4) is 0 Å². The number of hydrogen-bond acceptors (Lipinski definition) is 4. The Morgan fingerprint density at radius 1 is 1.16 bits per heavy atom. The van der Waals surface area contributed by atoms with Gasteiger partial charge in [-0.2, -0.15) is 0 Å². The molecule has 0 aromatic heterocycles. The van der Waals surface area contributed by atoms with E-state index < -0.39 is 13.9 Å². The van der Waals surface area contributed by atoms with Crippen LogP contribution in [-0.4, -0.2) is 65.1 Å². The zero-order chi connectivity index (χ0) is 24.2. The van der Waals surface area contributed by atoms with Crippen LogP contribution < -0.4 is 5.32 Å². The van der Waals surface area contributed by atoms with Crippen molar-refractivity contribution in [2.24, 2.45) is 23.2 Å². The summed E-state index contributed by atoms with van der Waals surface area (Å²) >= 11 is 0. The highest BCUT2D eigenvalue weighted by Crippen LogP contribution is 2.44. The molecule has 32 heavy (non-hydrogen) atoms. The van der Waals surface area contributed by atoms with Crippen LogP contribution in [0.15, 0.2) is 11.3 Å².